The minimum atomic E-state index is -1.16. The highest BCUT2D eigenvalue weighted by molar-refractivity contribution is 7.91. The predicted molar refractivity (Wildman–Crippen MR) is 63.8 cm³/mol. The lowest BCUT2D eigenvalue weighted by atomic mass is 10.2. The molecule has 0 bridgehead atoms. The van der Waals surface area contributed by atoms with E-state index in [9.17, 15) is 4.55 Å². The second kappa shape index (κ2) is 3.77. The predicted octanol–water partition coefficient (Wildman–Crippen LogP) is 2.79. The third-order valence-electron chi connectivity index (χ3n) is 2.45. The van der Waals surface area contributed by atoms with Crippen LogP contribution in [0, 0.1) is 0 Å². The number of benzene rings is 2. The van der Waals surface area contributed by atoms with Gasteiger partial charge in [0.05, 0.1) is 5.56 Å². The van der Waals surface area contributed by atoms with Gasteiger partial charge in [0.1, 0.15) is 11.9 Å². The van der Waals surface area contributed by atoms with E-state index in [1.165, 1.54) is 0 Å². The minimum absolute atomic E-state index is 0.733. The molecule has 1 atom stereocenters. The maximum atomic E-state index is 12.3. The van der Waals surface area contributed by atoms with Crippen LogP contribution in [0.5, 0.6) is 0 Å². The van der Waals surface area contributed by atoms with E-state index in [-0.39, 0.29) is 0 Å². The van der Waals surface area contributed by atoms with Crippen molar-refractivity contribution < 1.29 is 4.55 Å². The lowest BCUT2D eigenvalue weighted by Crippen LogP contribution is -2.03. The van der Waals surface area contributed by atoms with Crippen molar-refractivity contribution in [3.05, 3.63) is 54.1 Å². The van der Waals surface area contributed by atoms with Gasteiger partial charge < -0.3 is 4.55 Å². The summed E-state index contributed by atoms with van der Waals surface area (Å²) in [5.74, 6) is 0. The quantitative estimate of drug-likeness (QED) is 0.636. The van der Waals surface area contributed by atoms with Crippen LogP contribution in [0.15, 0.2) is 63.3 Å². The number of rotatable bonds is 0. The Kier molecular flexibility index (Phi) is 2.27. The SMILES string of the molecule is [O-][S+]1c2ccccc2[C]=Nc2ccccc21. The molecule has 1 aliphatic heterocycles. The summed E-state index contributed by atoms with van der Waals surface area (Å²) in [6.45, 7) is 0. The molecule has 1 heterocycles. The van der Waals surface area contributed by atoms with Gasteiger partial charge in [-0.15, -0.1) is 0 Å². The number of hydrogen-bond acceptors (Lipinski definition) is 2. The van der Waals surface area contributed by atoms with Crippen molar-refractivity contribution in [2.75, 3.05) is 0 Å². The van der Waals surface area contributed by atoms with E-state index in [1.54, 1.807) is 0 Å². The average Bonchev–Trinajstić information content (AvgIpc) is 2.49. The van der Waals surface area contributed by atoms with Crippen LogP contribution >= 0.6 is 0 Å². The smallest absolute Gasteiger partial charge is 0.184 e. The van der Waals surface area contributed by atoms with Crippen LogP contribution in [0.3, 0.4) is 0 Å². The van der Waals surface area contributed by atoms with E-state index < -0.39 is 11.2 Å². The Labute approximate surface area is 96.8 Å². The van der Waals surface area contributed by atoms with E-state index in [4.69, 9.17) is 0 Å². The molecule has 3 heteroatoms. The van der Waals surface area contributed by atoms with Gasteiger partial charge in [-0.25, -0.2) is 4.99 Å². The van der Waals surface area contributed by atoms with Crippen LogP contribution in [-0.2, 0) is 11.2 Å². The average molecular weight is 226 g/mol. The number of fused-ring (bicyclic) bond motifs is 2. The molecule has 0 spiro atoms. The first-order valence-corrected chi connectivity index (χ1v) is 6.08. The fraction of sp³-hybridized carbons (Fsp3) is 0. The Morgan fingerprint density at radius 3 is 2.50 bits per heavy atom. The fourth-order valence-corrected chi connectivity index (χ4v) is 2.92. The van der Waals surface area contributed by atoms with Crippen molar-refractivity contribution in [2.45, 2.75) is 9.79 Å². The molecule has 1 unspecified atom stereocenters. The maximum Gasteiger partial charge on any atom is 0.184 e. The topological polar surface area (TPSA) is 35.4 Å². The fourth-order valence-electron chi connectivity index (χ4n) is 1.67. The Morgan fingerprint density at radius 2 is 1.62 bits per heavy atom. The van der Waals surface area contributed by atoms with E-state index in [1.807, 2.05) is 48.5 Å². The normalized spacial score (nSPS) is 17.4. The van der Waals surface area contributed by atoms with Gasteiger partial charge in [0.15, 0.2) is 9.79 Å². The summed E-state index contributed by atoms with van der Waals surface area (Å²) in [4.78, 5) is 5.76. The zero-order valence-electron chi connectivity index (χ0n) is 8.38. The zero-order chi connectivity index (χ0) is 11.0. The van der Waals surface area contributed by atoms with Gasteiger partial charge in [-0.1, -0.05) is 24.3 Å². The van der Waals surface area contributed by atoms with Crippen molar-refractivity contribution in [1.82, 2.24) is 0 Å². The Morgan fingerprint density at radius 1 is 0.938 bits per heavy atom. The third kappa shape index (κ3) is 1.45. The molecule has 1 aliphatic rings. The van der Waals surface area contributed by atoms with E-state index in [0.717, 1.165) is 21.0 Å². The van der Waals surface area contributed by atoms with Crippen molar-refractivity contribution >= 4 is 23.1 Å². The van der Waals surface area contributed by atoms with E-state index in [0.29, 0.717) is 0 Å². The maximum absolute atomic E-state index is 12.3. The van der Waals surface area contributed by atoms with Crippen LogP contribution in [-0.4, -0.2) is 10.8 Å². The van der Waals surface area contributed by atoms with Crippen LogP contribution < -0.4 is 0 Å². The van der Waals surface area contributed by atoms with Crippen molar-refractivity contribution in [3.63, 3.8) is 0 Å². The summed E-state index contributed by atoms with van der Waals surface area (Å²) in [6, 6.07) is 15.0. The molecule has 0 fully saturated rings. The molecule has 0 aliphatic carbocycles. The van der Waals surface area contributed by atoms with Crippen LogP contribution in [0.1, 0.15) is 5.56 Å². The Hall–Kier alpha value is -1.58. The number of para-hydroxylation sites is 1. The summed E-state index contributed by atoms with van der Waals surface area (Å²) in [6.07, 6.45) is 2.94. The van der Waals surface area contributed by atoms with Gasteiger partial charge in [0.2, 0.25) is 0 Å². The molecule has 1 radical (unpaired) electrons. The lowest BCUT2D eigenvalue weighted by Gasteiger charge is -2.10. The molecule has 77 valence electrons. The summed E-state index contributed by atoms with van der Waals surface area (Å²) >= 11 is -1.16. The second-order valence-corrected chi connectivity index (χ2v) is 4.87. The van der Waals surface area contributed by atoms with Gasteiger partial charge in [0.25, 0.3) is 0 Å². The molecular formula is C13H8NOS. The standard InChI is InChI=1S/C13H8NOS/c15-16-12-7-3-1-5-10(12)9-14-11-6-2-4-8-13(11)16/h1-8H. The molecule has 0 N–H and O–H groups in total. The molecular weight excluding hydrogens is 218 g/mol. The monoisotopic (exact) mass is 226 g/mol. The second-order valence-electron chi connectivity index (χ2n) is 3.46. The highest BCUT2D eigenvalue weighted by Gasteiger charge is 2.23. The number of nitrogens with zero attached hydrogens (tertiary/aromatic N) is 1. The van der Waals surface area contributed by atoms with Crippen LogP contribution in [0.4, 0.5) is 5.69 Å². The first kappa shape index (κ1) is 9.63. The van der Waals surface area contributed by atoms with Crippen molar-refractivity contribution in [1.29, 1.82) is 0 Å². The Bertz CT molecular complexity index is 516. The highest BCUT2D eigenvalue weighted by Crippen LogP contribution is 2.33. The van der Waals surface area contributed by atoms with Gasteiger partial charge in [-0.05, 0) is 24.3 Å². The molecule has 0 aromatic heterocycles. The van der Waals surface area contributed by atoms with E-state index in [2.05, 4.69) is 11.2 Å². The zero-order valence-corrected chi connectivity index (χ0v) is 9.20. The van der Waals surface area contributed by atoms with E-state index >= 15 is 0 Å². The Balaban J connectivity index is 2.26. The van der Waals surface area contributed by atoms with Crippen molar-refractivity contribution in [2.24, 2.45) is 4.99 Å². The lowest BCUT2D eigenvalue weighted by molar-refractivity contribution is 0.595. The molecule has 3 rings (SSSR count). The molecule has 2 aromatic carbocycles. The van der Waals surface area contributed by atoms with Crippen LogP contribution in [0.2, 0.25) is 0 Å². The largest absolute Gasteiger partial charge is 0.606 e. The molecule has 2 aromatic rings. The van der Waals surface area contributed by atoms with Crippen LogP contribution in [0.25, 0.3) is 0 Å². The summed E-state index contributed by atoms with van der Waals surface area (Å²) < 4.78 is 12.3. The number of aliphatic imine (C=N–C) groups is 1. The third-order valence-corrected chi connectivity index (χ3v) is 3.95. The van der Waals surface area contributed by atoms with Gasteiger partial charge >= 0.3 is 0 Å². The van der Waals surface area contributed by atoms with Crippen molar-refractivity contribution in [3.8, 4) is 0 Å². The highest BCUT2D eigenvalue weighted by atomic mass is 32.2. The van der Waals surface area contributed by atoms with Gasteiger partial charge in [0, 0.05) is 11.2 Å². The summed E-state index contributed by atoms with van der Waals surface area (Å²) in [5, 5.41) is 0. The van der Waals surface area contributed by atoms with Gasteiger partial charge in [-0.3, -0.25) is 0 Å². The van der Waals surface area contributed by atoms with Gasteiger partial charge in [-0.2, -0.15) is 0 Å². The summed E-state index contributed by atoms with van der Waals surface area (Å²) in [7, 11) is 0. The molecule has 0 saturated carbocycles. The number of hydrogen-bond donors (Lipinski definition) is 0. The summed E-state index contributed by atoms with van der Waals surface area (Å²) in [5.41, 5.74) is 1.54. The molecule has 16 heavy (non-hydrogen) atoms. The molecule has 0 saturated heterocycles. The minimum Gasteiger partial charge on any atom is -0.606 e. The molecule has 2 nitrogen and oxygen atoms in total. The molecule has 0 amide bonds. The first-order chi connectivity index (χ1) is 7.86. The first-order valence-electron chi connectivity index (χ1n) is 4.93.